The van der Waals surface area contributed by atoms with Crippen molar-refractivity contribution in [3.8, 4) is 0 Å². The molecule has 2 heterocycles. The molecule has 1 aliphatic rings. The summed E-state index contributed by atoms with van der Waals surface area (Å²) in [5.41, 5.74) is 0.892. The molecule has 1 aromatic heterocycles. The molecule has 1 saturated heterocycles. The quantitative estimate of drug-likeness (QED) is 0.924. The van der Waals surface area contributed by atoms with Crippen molar-refractivity contribution in [2.75, 3.05) is 24.6 Å². The van der Waals surface area contributed by atoms with Crippen LogP contribution in [0.25, 0.3) is 10.9 Å². The molecule has 1 aliphatic heterocycles. The number of aliphatic hydroxyl groups is 1. The molecule has 1 aromatic carbocycles. The fourth-order valence-corrected chi connectivity index (χ4v) is 2.95. The van der Waals surface area contributed by atoms with Gasteiger partial charge in [0, 0.05) is 31.3 Å². The van der Waals surface area contributed by atoms with Crippen molar-refractivity contribution in [2.45, 2.75) is 12.8 Å². The summed E-state index contributed by atoms with van der Waals surface area (Å²) in [4.78, 5) is 6.12. The van der Waals surface area contributed by atoms with Crippen LogP contribution in [0, 0.1) is 11.7 Å². The highest BCUT2D eigenvalue weighted by Crippen LogP contribution is 2.31. The summed E-state index contributed by atoms with van der Waals surface area (Å²) in [6.45, 7) is 1.73. The van der Waals surface area contributed by atoms with E-state index < -0.39 is 0 Å². The van der Waals surface area contributed by atoms with E-state index in [1.54, 1.807) is 12.1 Å². The Kier molecular flexibility index (Phi) is 3.76. The second-order valence-corrected chi connectivity index (χ2v) is 5.61. The first kappa shape index (κ1) is 13.6. The Morgan fingerprint density at radius 3 is 2.75 bits per heavy atom. The number of anilines is 1. The Bertz CT molecular complexity index is 627. The Labute approximate surface area is 122 Å². The highest BCUT2D eigenvalue weighted by Gasteiger charge is 2.22. The smallest absolute Gasteiger partial charge is 0.172 e. The van der Waals surface area contributed by atoms with E-state index in [1.807, 2.05) is 11.0 Å². The van der Waals surface area contributed by atoms with Crippen LogP contribution in [0.1, 0.15) is 12.8 Å². The van der Waals surface area contributed by atoms with Gasteiger partial charge in [-0.15, -0.1) is 0 Å². The zero-order valence-electron chi connectivity index (χ0n) is 11.0. The zero-order chi connectivity index (χ0) is 14.1. The predicted molar refractivity (Wildman–Crippen MR) is 78.7 cm³/mol. The summed E-state index contributed by atoms with van der Waals surface area (Å²) in [6, 6.07) is 5.25. The second kappa shape index (κ2) is 5.54. The van der Waals surface area contributed by atoms with Gasteiger partial charge in [-0.05, 0) is 37.0 Å². The maximum Gasteiger partial charge on any atom is 0.172 e. The first-order valence-corrected chi connectivity index (χ1v) is 7.17. The van der Waals surface area contributed by atoms with Gasteiger partial charge in [0.25, 0.3) is 0 Å². The molecule has 3 rings (SSSR count). The van der Waals surface area contributed by atoms with Crippen molar-refractivity contribution in [1.82, 2.24) is 4.98 Å². The summed E-state index contributed by atoms with van der Waals surface area (Å²) in [5.74, 6) is 0.0229. The molecule has 0 spiro atoms. The molecule has 2 aromatic rings. The molecular weight excluding hydrogens is 279 g/mol. The van der Waals surface area contributed by atoms with E-state index >= 15 is 0 Å². The minimum absolute atomic E-state index is 0.213. The third-order valence-electron chi connectivity index (χ3n) is 3.99. The van der Waals surface area contributed by atoms with Crippen LogP contribution in [0.4, 0.5) is 10.1 Å². The standard InChI is InChI=1S/C15H16ClFN2O/c16-12-3-6-18-15-11(12)1-2-13(14(15)17)19-7-4-10(9-20)5-8-19/h1-3,6,10,20H,4-5,7-9H2. The van der Waals surface area contributed by atoms with Gasteiger partial charge in [-0.3, -0.25) is 4.98 Å². The molecule has 0 atom stereocenters. The number of halogens is 2. The fraction of sp³-hybridized carbons (Fsp3) is 0.400. The van der Waals surface area contributed by atoms with Crippen LogP contribution in [0.5, 0.6) is 0 Å². The molecule has 0 aliphatic carbocycles. The van der Waals surface area contributed by atoms with Crippen LogP contribution < -0.4 is 4.90 Å². The molecular formula is C15H16ClFN2O. The first-order valence-electron chi connectivity index (χ1n) is 6.79. The van der Waals surface area contributed by atoms with Crippen LogP contribution >= 0.6 is 11.6 Å². The van der Waals surface area contributed by atoms with Crippen molar-refractivity contribution < 1.29 is 9.50 Å². The SMILES string of the molecule is OCC1CCN(c2ccc3c(Cl)ccnc3c2F)CC1. The topological polar surface area (TPSA) is 36.4 Å². The van der Waals surface area contributed by atoms with Gasteiger partial charge in [-0.1, -0.05) is 11.6 Å². The highest BCUT2D eigenvalue weighted by molar-refractivity contribution is 6.35. The minimum Gasteiger partial charge on any atom is -0.396 e. The Balaban J connectivity index is 1.95. The highest BCUT2D eigenvalue weighted by atomic mass is 35.5. The van der Waals surface area contributed by atoms with Gasteiger partial charge in [0.1, 0.15) is 5.52 Å². The molecule has 3 nitrogen and oxygen atoms in total. The largest absolute Gasteiger partial charge is 0.396 e. The number of hydrogen-bond acceptors (Lipinski definition) is 3. The van der Waals surface area contributed by atoms with Crippen molar-refractivity contribution in [3.63, 3.8) is 0 Å². The van der Waals surface area contributed by atoms with Crippen molar-refractivity contribution in [2.24, 2.45) is 5.92 Å². The lowest BCUT2D eigenvalue weighted by Gasteiger charge is -2.33. The van der Waals surface area contributed by atoms with Crippen LogP contribution in [0.2, 0.25) is 5.02 Å². The number of rotatable bonds is 2. The van der Waals surface area contributed by atoms with Crippen LogP contribution in [0.3, 0.4) is 0 Å². The van der Waals surface area contributed by atoms with Crippen LogP contribution in [-0.4, -0.2) is 29.8 Å². The second-order valence-electron chi connectivity index (χ2n) is 5.20. The molecule has 0 radical (unpaired) electrons. The Hall–Kier alpha value is -1.39. The van der Waals surface area contributed by atoms with Gasteiger partial charge in [-0.25, -0.2) is 4.39 Å². The molecule has 20 heavy (non-hydrogen) atoms. The van der Waals surface area contributed by atoms with Gasteiger partial charge >= 0.3 is 0 Å². The van der Waals surface area contributed by atoms with E-state index in [9.17, 15) is 4.39 Å². The van der Waals surface area contributed by atoms with E-state index in [2.05, 4.69) is 4.98 Å². The molecule has 1 N–H and O–H groups in total. The van der Waals surface area contributed by atoms with E-state index in [-0.39, 0.29) is 12.4 Å². The van der Waals surface area contributed by atoms with Crippen molar-refractivity contribution in [3.05, 3.63) is 35.2 Å². The van der Waals surface area contributed by atoms with Gasteiger partial charge < -0.3 is 10.0 Å². The minimum atomic E-state index is -0.313. The molecule has 0 saturated carbocycles. The summed E-state index contributed by atoms with van der Waals surface area (Å²) >= 11 is 6.06. The van der Waals surface area contributed by atoms with Crippen molar-refractivity contribution >= 4 is 28.2 Å². The number of aliphatic hydroxyl groups excluding tert-OH is 1. The van der Waals surface area contributed by atoms with E-state index in [0.717, 1.165) is 25.9 Å². The van der Waals surface area contributed by atoms with Crippen LogP contribution in [-0.2, 0) is 0 Å². The number of fused-ring (bicyclic) bond motifs is 1. The van der Waals surface area contributed by atoms with Gasteiger partial charge in [-0.2, -0.15) is 0 Å². The fourth-order valence-electron chi connectivity index (χ4n) is 2.74. The summed E-state index contributed by atoms with van der Waals surface area (Å²) < 4.78 is 14.6. The zero-order valence-corrected chi connectivity index (χ0v) is 11.8. The third kappa shape index (κ3) is 2.34. The number of aromatic nitrogens is 1. The van der Waals surface area contributed by atoms with Gasteiger partial charge in [0.2, 0.25) is 0 Å². The summed E-state index contributed by atoms with van der Waals surface area (Å²) in [5, 5.41) is 10.3. The predicted octanol–water partition coefficient (Wildman–Crippen LogP) is 3.24. The normalized spacial score (nSPS) is 16.9. The number of piperidine rings is 1. The maximum atomic E-state index is 14.6. The molecule has 5 heteroatoms. The average molecular weight is 295 g/mol. The van der Waals surface area contributed by atoms with E-state index in [4.69, 9.17) is 16.7 Å². The van der Waals surface area contributed by atoms with E-state index in [1.165, 1.54) is 6.20 Å². The van der Waals surface area contributed by atoms with Crippen molar-refractivity contribution in [1.29, 1.82) is 0 Å². The average Bonchev–Trinajstić information content (AvgIpc) is 2.49. The Morgan fingerprint density at radius 1 is 1.30 bits per heavy atom. The lowest BCUT2D eigenvalue weighted by molar-refractivity contribution is 0.203. The summed E-state index contributed by atoms with van der Waals surface area (Å²) in [6.07, 6.45) is 3.30. The number of benzene rings is 1. The Morgan fingerprint density at radius 2 is 2.05 bits per heavy atom. The number of nitrogens with zero attached hydrogens (tertiary/aromatic N) is 2. The number of pyridine rings is 1. The molecule has 0 amide bonds. The third-order valence-corrected chi connectivity index (χ3v) is 4.32. The molecule has 0 unspecified atom stereocenters. The first-order chi connectivity index (χ1) is 9.70. The van der Waals surface area contributed by atoms with Gasteiger partial charge in [0.15, 0.2) is 5.82 Å². The lowest BCUT2D eigenvalue weighted by atomic mass is 9.97. The molecule has 0 bridgehead atoms. The molecule has 106 valence electrons. The van der Waals surface area contributed by atoms with Gasteiger partial charge in [0.05, 0.1) is 10.7 Å². The molecule has 1 fully saturated rings. The monoisotopic (exact) mass is 294 g/mol. The van der Waals surface area contributed by atoms with Crippen LogP contribution in [0.15, 0.2) is 24.4 Å². The lowest BCUT2D eigenvalue weighted by Crippen LogP contribution is -2.35. The summed E-state index contributed by atoms with van der Waals surface area (Å²) in [7, 11) is 0. The maximum absolute atomic E-state index is 14.6. The van der Waals surface area contributed by atoms with E-state index in [0.29, 0.717) is 27.5 Å². The number of hydrogen-bond donors (Lipinski definition) is 1.